The van der Waals surface area contributed by atoms with E-state index in [0.717, 1.165) is 6.07 Å². The van der Waals surface area contributed by atoms with Crippen LogP contribution in [-0.4, -0.2) is 21.9 Å². The molecule has 0 radical (unpaired) electrons. The fraction of sp³-hybridized carbons (Fsp3) is 0.227. The molecule has 0 bridgehead atoms. The van der Waals surface area contributed by atoms with Gasteiger partial charge in [-0.3, -0.25) is 0 Å². The van der Waals surface area contributed by atoms with Crippen LogP contribution in [0.15, 0.2) is 55.0 Å². The summed E-state index contributed by atoms with van der Waals surface area (Å²) >= 11 is 0. The molecule has 0 amide bonds. The topological polar surface area (TPSA) is 77.1 Å². The van der Waals surface area contributed by atoms with Gasteiger partial charge in [0.25, 0.3) is 0 Å². The summed E-state index contributed by atoms with van der Waals surface area (Å²) in [6.07, 6.45) is -1.72. The predicted octanol–water partition coefficient (Wildman–Crippen LogP) is 4.23. The van der Waals surface area contributed by atoms with Crippen LogP contribution >= 0.6 is 0 Å². The van der Waals surface area contributed by atoms with Gasteiger partial charge in [0.2, 0.25) is 0 Å². The average Bonchev–Trinajstić information content (AvgIpc) is 3.35. The second-order valence-electron chi connectivity index (χ2n) is 7.19. The van der Waals surface area contributed by atoms with Crippen molar-refractivity contribution in [1.29, 1.82) is 5.26 Å². The van der Waals surface area contributed by atoms with Crippen molar-refractivity contribution >= 4 is 5.97 Å². The van der Waals surface area contributed by atoms with Gasteiger partial charge in [0.1, 0.15) is 18.2 Å². The molecular formula is C22H15F4N3O3. The molecule has 2 heterocycles. The van der Waals surface area contributed by atoms with Gasteiger partial charge in [-0.1, -0.05) is 18.2 Å². The maximum absolute atomic E-state index is 13.4. The minimum absolute atomic E-state index is 0.0633. The number of aromatic nitrogens is 2. The molecule has 0 spiro atoms. The zero-order valence-electron chi connectivity index (χ0n) is 16.4. The number of hydrogen-bond acceptors (Lipinski definition) is 5. The van der Waals surface area contributed by atoms with Crippen molar-refractivity contribution in [3.05, 3.63) is 83.2 Å². The van der Waals surface area contributed by atoms with Crippen molar-refractivity contribution in [3.63, 3.8) is 0 Å². The van der Waals surface area contributed by atoms with Crippen LogP contribution in [0.5, 0.6) is 5.75 Å². The summed E-state index contributed by atoms with van der Waals surface area (Å²) in [4.78, 5) is 17.4. The standard InChI is InChI=1S/C22H15F4N3O3/c23-16-4-1-14(2-5-16)12-31-20(30)21(8-7-17-11-28-13-29(17)21)18-6-3-15(10-27)9-19(18)32-22(24,25)26/h1-6,9,11,13H,7-8,12H2. The number of alkyl halides is 3. The molecule has 164 valence electrons. The molecule has 6 nitrogen and oxygen atoms in total. The molecule has 1 aliphatic heterocycles. The Hall–Kier alpha value is -3.87. The summed E-state index contributed by atoms with van der Waals surface area (Å²) in [6, 6.07) is 10.6. The van der Waals surface area contributed by atoms with Crippen LogP contribution in [0.3, 0.4) is 0 Å². The fourth-order valence-corrected chi connectivity index (χ4v) is 3.85. The Balaban J connectivity index is 1.78. The number of carbonyl (C=O) groups is 1. The van der Waals surface area contributed by atoms with E-state index in [1.807, 2.05) is 0 Å². The third-order valence-electron chi connectivity index (χ3n) is 5.27. The number of aryl methyl sites for hydroxylation is 1. The number of hydrogen-bond donors (Lipinski definition) is 0. The summed E-state index contributed by atoms with van der Waals surface area (Å²) in [7, 11) is 0. The van der Waals surface area contributed by atoms with Crippen LogP contribution in [0.2, 0.25) is 0 Å². The van der Waals surface area contributed by atoms with Crippen LogP contribution in [0, 0.1) is 17.1 Å². The summed E-state index contributed by atoms with van der Waals surface area (Å²) in [6.45, 7) is -0.212. The number of carbonyl (C=O) groups excluding carboxylic acids is 1. The van der Waals surface area contributed by atoms with E-state index >= 15 is 0 Å². The quantitative estimate of drug-likeness (QED) is 0.434. The molecule has 0 saturated carbocycles. The summed E-state index contributed by atoms with van der Waals surface area (Å²) in [5.41, 5.74) is -0.710. The van der Waals surface area contributed by atoms with Gasteiger partial charge in [0.05, 0.1) is 18.0 Å². The molecule has 2 aromatic carbocycles. The number of ether oxygens (including phenoxy) is 2. The highest BCUT2D eigenvalue weighted by molar-refractivity contribution is 5.85. The zero-order chi connectivity index (χ0) is 22.9. The Labute approximate surface area is 179 Å². The lowest BCUT2D eigenvalue weighted by molar-refractivity contribution is -0.275. The predicted molar refractivity (Wildman–Crippen MR) is 102 cm³/mol. The molecule has 1 aromatic heterocycles. The summed E-state index contributed by atoms with van der Waals surface area (Å²) < 4.78 is 63.7. The van der Waals surface area contributed by atoms with Crippen molar-refractivity contribution in [1.82, 2.24) is 9.55 Å². The van der Waals surface area contributed by atoms with Gasteiger partial charge in [-0.15, -0.1) is 13.2 Å². The third-order valence-corrected chi connectivity index (χ3v) is 5.27. The number of halogens is 4. The monoisotopic (exact) mass is 445 g/mol. The molecule has 0 N–H and O–H groups in total. The van der Waals surface area contributed by atoms with E-state index in [9.17, 15) is 22.4 Å². The molecule has 0 aliphatic carbocycles. The molecule has 3 aromatic rings. The van der Waals surface area contributed by atoms with Gasteiger partial charge < -0.3 is 14.0 Å². The molecule has 10 heteroatoms. The second-order valence-corrected chi connectivity index (χ2v) is 7.19. The molecule has 4 rings (SSSR count). The Morgan fingerprint density at radius 3 is 2.66 bits per heavy atom. The van der Waals surface area contributed by atoms with E-state index in [4.69, 9.17) is 10.00 Å². The number of rotatable bonds is 5. The van der Waals surface area contributed by atoms with E-state index < -0.39 is 29.4 Å². The summed E-state index contributed by atoms with van der Waals surface area (Å²) in [5.74, 6) is -1.95. The van der Waals surface area contributed by atoms with Gasteiger partial charge in [-0.2, -0.15) is 5.26 Å². The number of fused-ring (bicyclic) bond motifs is 1. The Morgan fingerprint density at radius 1 is 1.22 bits per heavy atom. The average molecular weight is 445 g/mol. The van der Waals surface area contributed by atoms with Crippen molar-refractivity contribution < 1.29 is 31.8 Å². The van der Waals surface area contributed by atoms with E-state index in [-0.39, 0.29) is 24.2 Å². The molecule has 1 unspecified atom stereocenters. The molecule has 0 fully saturated rings. The lowest BCUT2D eigenvalue weighted by atomic mass is 9.86. The van der Waals surface area contributed by atoms with Crippen LogP contribution < -0.4 is 4.74 Å². The van der Waals surface area contributed by atoms with Crippen molar-refractivity contribution in [3.8, 4) is 11.8 Å². The van der Waals surface area contributed by atoms with E-state index in [1.54, 1.807) is 6.07 Å². The number of nitrogens with zero attached hydrogens (tertiary/aromatic N) is 3. The van der Waals surface area contributed by atoms with Gasteiger partial charge >= 0.3 is 12.3 Å². The molecule has 0 saturated heterocycles. The van der Waals surface area contributed by atoms with E-state index in [1.165, 1.54) is 53.5 Å². The van der Waals surface area contributed by atoms with Crippen LogP contribution in [-0.2, 0) is 28.1 Å². The Morgan fingerprint density at radius 2 is 1.97 bits per heavy atom. The maximum Gasteiger partial charge on any atom is 0.573 e. The van der Waals surface area contributed by atoms with Gasteiger partial charge in [0, 0.05) is 17.5 Å². The zero-order valence-corrected chi connectivity index (χ0v) is 16.4. The number of nitriles is 1. The first-order valence-corrected chi connectivity index (χ1v) is 9.47. The summed E-state index contributed by atoms with van der Waals surface area (Å²) in [5, 5.41) is 9.12. The lowest BCUT2D eigenvalue weighted by Gasteiger charge is -2.31. The Bertz CT molecular complexity index is 1200. The largest absolute Gasteiger partial charge is 0.573 e. The first kappa shape index (κ1) is 21.4. The normalized spacial score (nSPS) is 17.5. The minimum Gasteiger partial charge on any atom is -0.459 e. The Kier molecular flexibility index (Phi) is 5.34. The van der Waals surface area contributed by atoms with Crippen LogP contribution in [0.25, 0.3) is 0 Å². The van der Waals surface area contributed by atoms with Crippen LogP contribution in [0.4, 0.5) is 17.6 Å². The third kappa shape index (κ3) is 3.89. The van der Waals surface area contributed by atoms with Crippen molar-refractivity contribution in [2.75, 3.05) is 0 Å². The van der Waals surface area contributed by atoms with Gasteiger partial charge in [-0.05, 0) is 42.7 Å². The van der Waals surface area contributed by atoms with Crippen molar-refractivity contribution in [2.45, 2.75) is 31.3 Å². The number of benzene rings is 2. The second kappa shape index (κ2) is 8.00. The minimum atomic E-state index is -5.04. The highest BCUT2D eigenvalue weighted by Crippen LogP contribution is 2.44. The molecule has 1 aliphatic rings. The lowest BCUT2D eigenvalue weighted by Crippen LogP contribution is -2.42. The van der Waals surface area contributed by atoms with Gasteiger partial charge in [0.15, 0.2) is 5.54 Å². The number of imidazole rings is 1. The molecular weight excluding hydrogens is 430 g/mol. The molecule has 32 heavy (non-hydrogen) atoms. The molecule has 1 atom stereocenters. The highest BCUT2D eigenvalue weighted by atomic mass is 19.4. The smallest absolute Gasteiger partial charge is 0.459 e. The van der Waals surface area contributed by atoms with Crippen molar-refractivity contribution in [2.24, 2.45) is 0 Å². The van der Waals surface area contributed by atoms with Crippen LogP contribution in [0.1, 0.15) is 28.8 Å². The first-order valence-electron chi connectivity index (χ1n) is 9.47. The highest BCUT2D eigenvalue weighted by Gasteiger charge is 2.51. The number of esters is 1. The van der Waals surface area contributed by atoms with E-state index in [2.05, 4.69) is 9.72 Å². The van der Waals surface area contributed by atoms with E-state index in [0.29, 0.717) is 17.7 Å². The maximum atomic E-state index is 13.4. The fourth-order valence-electron chi connectivity index (χ4n) is 3.85. The SMILES string of the molecule is N#Cc1ccc(C2(C(=O)OCc3ccc(F)cc3)CCc3cncn32)c(OC(F)(F)F)c1. The van der Waals surface area contributed by atoms with Gasteiger partial charge in [-0.25, -0.2) is 14.2 Å². The first-order chi connectivity index (χ1) is 15.2.